The lowest BCUT2D eigenvalue weighted by Crippen LogP contribution is -3.15. The highest BCUT2D eigenvalue weighted by Crippen LogP contribution is 2.19. The van der Waals surface area contributed by atoms with Gasteiger partial charge >= 0.3 is 0 Å². The van der Waals surface area contributed by atoms with Crippen molar-refractivity contribution in [2.24, 2.45) is 0 Å². The maximum absolute atomic E-state index is 12.3. The number of amides is 2. The van der Waals surface area contributed by atoms with Gasteiger partial charge in [0.25, 0.3) is 11.8 Å². The number of quaternary nitrogens is 1. The standard InChI is InChI=1S/C20H22ClN3O3/c21-17-8-4-5-9-18(17)22-19(25)14-23-10-12-24(13-11-23)20(26)15-27-16-6-2-1-3-7-16/h1-9H,10-15H2,(H,22,25)/p+1. The van der Waals surface area contributed by atoms with Gasteiger partial charge in [-0.05, 0) is 24.3 Å². The fourth-order valence-electron chi connectivity index (χ4n) is 2.99. The van der Waals surface area contributed by atoms with Crippen LogP contribution in [0, 0.1) is 0 Å². The summed E-state index contributed by atoms with van der Waals surface area (Å²) in [6, 6.07) is 16.5. The van der Waals surface area contributed by atoms with Crippen LogP contribution in [0.2, 0.25) is 5.02 Å². The first kappa shape index (κ1) is 19.2. The average molecular weight is 389 g/mol. The van der Waals surface area contributed by atoms with Crippen LogP contribution in [0.4, 0.5) is 5.69 Å². The Bertz CT molecular complexity index is 777. The molecule has 0 saturated carbocycles. The van der Waals surface area contributed by atoms with Crippen LogP contribution < -0.4 is 15.0 Å². The summed E-state index contributed by atoms with van der Waals surface area (Å²) in [5.74, 6) is 0.579. The number of anilines is 1. The zero-order chi connectivity index (χ0) is 19.1. The Labute approximate surface area is 163 Å². The molecule has 3 rings (SSSR count). The van der Waals surface area contributed by atoms with Gasteiger partial charge < -0.3 is 19.9 Å². The fourth-order valence-corrected chi connectivity index (χ4v) is 3.17. The van der Waals surface area contributed by atoms with Crippen LogP contribution in [-0.4, -0.2) is 56.0 Å². The summed E-state index contributed by atoms with van der Waals surface area (Å²) < 4.78 is 5.52. The van der Waals surface area contributed by atoms with E-state index in [9.17, 15) is 9.59 Å². The summed E-state index contributed by atoms with van der Waals surface area (Å²) in [6.45, 7) is 3.08. The van der Waals surface area contributed by atoms with Crippen molar-refractivity contribution >= 4 is 29.1 Å². The van der Waals surface area contributed by atoms with Crippen molar-refractivity contribution in [3.05, 3.63) is 59.6 Å². The monoisotopic (exact) mass is 388 g/mol. The summed E-state index contributed by atoms with van der Waals surface area (Å²) in [5, 5.41) is 3.36. The van der Waals surface area contributed by atoms with E-state index in [1.165, 1.54) is 0 Å². The van der Waals surface area contributed by atoms with Gasteiger partial charge in [0.1, 0.15) is 5.75 Å². The quantitative estimate of drug-likeness (QED) is 0.778. The van der Waals surface area contributed by atoms with Gasteiger partial charge in [0.05, 0.1) is 36.9 Å². The molecule has 2 aromatic carbocycles. The van der Waals surface area contributed by atoms with E-state index in [0.717, 1.165) is 18.0 Å². The fraction of sp³-hybridized carbons (Fsp3) is 0.300. The number of piperazine rings is 1. The van der Waals surface area contributed by atoms with Gasteiger partial charge in [-0.2, -0.15) is 0 Å². The third-order valence-electron chi connectivity index (χ3n) is 4.49. The van der Waals surface area contributed by atoms with E-state index in [-0.39, 0.29) is 18.4 Å². The molecule has 1 fully saturated rings. The summed E-state index contributed by atoms with van der Waals surface area (Å²) in [4.78, 5) is 27.4. The molecule has 0 unspecified atom stereocenters. The van der Waals surface area contributed by atoms with E-state index in [4.69, 9.17) is 16.3 Å². The van der Waals surface area contributed by atoms with E-state index in [1.54, 1.807) is 17.0 Å². The number of hydrogen-bond acceptors (Lipinski definition) is 3. The van der Waals surface area contributed by atoms with Crippen molar-refractivity contribution in [2.75, 3.05) is 44.6 Å². The van der Waals surface area contributed by atoms with E-state index in [1.807, 2.05) is 42.5 Å². The largest absolute Gasteiger partial charge is 0.484 e. The molecule has 2 aromatic rings. The smallest absolute Gasteiger partial charge is 0.279 e. The first-order valence-corrected chi connectivity index (χ1v) is 9.33. The van der Waals surface area contributed by atoms with Crippen LogP contribution >= 0.6 is 11.6 Å². The van der Waals surface area contributed by atoms with Crippen LogP contribution in [0.25, 0.3) is 0 Å². The minimum Gasteiger partial charge on any atom is -0.484 e. The molecule has 2 amide bonds. The molecule has 1 heterocycles. The van der Waals surface area contributed by atoms with E-state index in [0.29, 0.717) is 36.1 Å². The molecule has 0 aliphatic carbocycles. The van der Waals surface area contributed by atoms with Crippen LogP contribution in [0.3, 0.4) is 0 Å². The molecule has 2 N–H and O–H groups in total. The number of ether oxygens (including phenoxy) is 1. The lowest BCUT2D eigenvalue weighted by atomic mass is 10.3. The Morgan fingerprint density at radius 2 is 1.70 bits per heavy atom. The molecular weight excluding hydrogens is 366 g/mol. The van der Waals surface area contributed by atoms with Crippen LogP contribution in [-0.2, 0) is 9.59 Å². The second-order valence-electron chi connectivity index (χ2n) is 6.44. The maximum Gasteiger partial charge on any atom is 0.279 e. The Morgan fingerprint density at radius 3 is 2.41 bits per heavy atom. The van der Waals surface area contributed by atoms with Gasteiger partial charge in [-0.3, -0.25) is 9.59 Å². The predicted molar refractivity (Wildman–Crippen MR) is 104 cm³/mol. The lowest BCUT2D eigenvalue weighted by Gasteiger charge is -2.31. The molecule has 1 saturated heterocycles. The zero-order valence-electron chi connectivity index (χ0n) is 15.0. The third kappa shape index (κ3) is 5.70. The first-order valence-electron chi connectivity index (χ1n) is 8.95. The zero-order valence-corrected chi connectivity index (χ0v) is 15.7. The first-order chi connectivity index (χ1) is 13.1. The average Bonchev–Trinajstić information content (AvgIpc) is 2.69. The topological polar surface area (TPSA) is 63.1 Å². The summed E-state index contributed by atoms with van der Waals surface area (Å²) in [6.07, 6.45) is 0. The number of carbonyl (C=O) groups is 2. The number of nitrogens with zero attached hydrogens (tertiary/aromatic N) is 1. The second-order valence-corrected chi connectivity index (χ2v) is 6.84. The van der Waals surface area contributed by atoms with Gasteiger partial charge in [0.15, 0.2) is 13.2 Å². The predicted octanol–water partition coefficient (Wildman–Crippen LogP) is 1.08. The molecule has 0 bridgehead atoms. The van der Waals surface area contributed by atoms with Crippen molar-refractivity contribution in [1.82, 2.24) is 4.90 Å². The highest BCUT2D eigenvalue weighted by molar-refractivity contribution is 6.33. The van der Waals surface area contributed by atoms with E-state index in [2.05, 4.69) is 5.32 Å². The van der Waals surface area contributed by atoms with E-state index >= 15 is 0 Å². The highest BCUT2D eigenvalue weighted by atomic mass is 35.5. The minimum absolute atomic E-state index is 0.0292. The Morgan fingerprint density at radius 1 is 1.04 bits per heavy atom. The summed E-state index contributed by atoms with van der Waals surface area (Å²) >= 11 is 6.06. The van der Waals surface area contributed by atoms with Gasteiger partial charge in [-0.25, -0.2) is 0 Å². The van der Waals surface area contributed by atoms with Crippen LogP contribution in [0.5, 0.6) is 5.75 Å². The van der Waals surface area contributed by atoms with Gasteiger partial charge in [0.2, 0.25) is 0 Å². The van der Waals surface area contributed by atoms with Crippen molar-refractivity contribution in [3.63, 3.8) is 0 Å². The summed E-state index contributed by atoms with van der Waals surface area (Å²) in [5.41, 5.74) is 0.621. The number of benzene rings is 2. The van der Waals surface area contributed by atoms with Gasteiger partial charge in [-0.1, -0.05) is 41.9 Å². The lowest BCUT2D eigenvalue weighted by molar-refractivity contribution is -0.895. The second kappa shape index (κ2) is 9.39. The number of carbonyl (C=O) groups excluding carboxylic acids is 2. The minimum atomic E-state index is -0.0784. The maximum atomic E-state index is 12.3. The van der Waals surface area contributed by atoms with E-state index < -0.39 is 0 Å². The molecule has 0 radical (unpaired) electrons. The molecule has 1 aliphatic heterocycles. The summed E-state index contributed by atoms with van der Waals surface area (Å²) in [7, 11) is 0. The molecule has 0 aromatic heterocycles. The van der Waals surface area contributed by atoms with Crippen molar-refractivity contribution < 1.29 is 19.2 Å². The number of hydrogen-bond donors (Lipinski definition) is 2. The SMILES string of the molecule is O=C(C[NH+]1CCN(C(=O)COc2ccccc2)CC1)Nc1ccccc1Cl. The molecule has 0 spiro atoms. The van der Waals surface area contributed by atoms with Crippen LogP contribution in [0.15, 0.2) is 54.6 Å². The van der Waals surface area contributed by atoms with Crippen molar-refractivity contribution in [3.8, 4) is 5.75 Å². The number of halogens is 1. The molecule has 7 heteroatoms. The molecular formula is C20H23ClN3O3+. The Kier molecular flexibility index (Phi) is 6.68. The van der Waals surface area contributed by atoms with Crippen molar-refractivity contribution in [1.29, 1.82) is 0 Å². The van der Waals surface area contributed by atoms with Gasteiger partial charge in [0, 0.05) is 0 Å². The number of para-hydroxylation sites is 2. The highest BCUT2D eigenvalue weighted by Gasteiger charge is 2.25. The molecule has 142 valence electrons. The van der Waals surface area contributed by atoms with Crippen LogP contribution in [0.1, 0.15) is 0 Å². The van der Waals surface area contributed by atoms with Gasteiger partial charge in [-0.15, -0.1) is 0 Å². The molecule has 27 heavy (non-hydrogen) atoms. The molecule has 6 nitrogen and oxygen atoms in total. The Balaban J connectivity index is 1.40. The normalized spacial score (nSPS) is 14.6. The molecule has 1 aliphatic rings. The number of nitrogens with one attached hydrogen (secondary N) is 2. The van der Waals surface area contributed by atoms with Crippen molar-refractivity contribution in [2.45, 2.75) is 0 Å². The third-order valence-corrected chi connectivity index (χ3v) is 4.82. The molecule has 0 atom stereocenters. The number of rotatable bonds is 6. The Hall–Kier alpha value is -2.57.